The fourth-order valence-electron chi connectivity index (χ4n) is 9.66. The fourth-order valence-corrected chi connectivity index (χ4v) is 9.66. The lowest BCUT2D eigenvalue weighted by atomic mass is 9.40. The van der Waals surface area contributed by atoms with E-state index >= 15 is 0 Å². The largest absolute Gasteiger partial charge is 0.336 e. The van der Waals surface area contributed by atoms with Crippen LogP contribution >= 0.6 is 0 Å². The number of nitrogens with zero attached hydrogens (tertiary/aromatic N) is 3. The molecule has 2 amide bonds. The SMILES string of the molecule is CC12CC3CC(C)(C1)CC(CC(=O)Nc1ncnc4c1CCN(C(=O)C1CCCCC1)C4)(C3)C2. The first-order valence-electron chi connectivity index (χ1n) is 13.7. The monoisotopic (exact) mass is 464 g/mol. The van der Waals surface area contributed by atoms with Gasteiger partial charge in [0.1, 0.15) is 12.1 Å². The summed E-state index contributed by atoms with van der Waals surface area (Å²) in [7, 11) is 0. The highest BCUT2D eigenvalue weighted by molar-refractivity contribution is 5.91. The van der Waals surface area contributed by atoms with Gasteiger partial charge in [-0.15, -0.1) is 0 Å². The Labute approximate surface area is 203 Å². The van der Waals surface area contributed by atoms with E-state index in [4.69, 9.17) is 0 Å². The predicted octanol–water partition coefficient (Wildman–Crippen LogP) is 5.27. The molecule has 2 heterocycles. The van der Waals surface area contributed by atoms with Crippen LogP contribution in [0, 0.1) is 28.1 Å². The fraction of sp³-hybridized carbons (Fsp3) is 0.786. The molecule has 1 aliphatic heterocycles. The number of amides is 2. The second-order valence-corrected chi connectivity index (χ2v) is 13.3. The number of carbonyl (C=O) groups excluding carboxylic acids is 2. The smallest absolute Gasteiger partial charge is 0.226 e. The minimum atomic E-state index is 0.107. The molecule has 34 heavy (non-hydrogen) atoms. The summed E-state index contributed by atoms with van der Waals surface area (Å²) in [6.07, 6.45) is 16.1. The van der Waals surface area contributed by atoms with Crippen LogP contribution in [0.1, 0.15) is 102 Å². The summed E-state index contributed by atoms with van der Waals surface area (Å²) in [5.41, 5.74) is 2.90. The number of hydrogen-bond donors (Lipinski definition) is 1. The zero-order chi connectivity index (χ0) is 23.6. The van der Waals surface area contributed by atoms with Gasteiger partial charge in [0.15, 0.2) is 0 Å². The molecule has 0 saturated heterocycles. The summed E-state index contributed by atoms with van der Waals surface area (Å²) < 4.78 is 0. The molecule has 184 valence electrons. The van der Waals surface area contributed by atoms with Crippen molar-refractivity contribution in [2.24, 2.45) is 28.1 Å². The topological polar surface area (TPSA) is 75.2 Å². The lowest BCUT2D eigenvalue weighted by molar-refractivity contribution is -0.153. The Morgan fingerprint density at radius 3 is 2.47 bits per heavy atom. The Morgan fingerprint density at radius 1 is 1.03 bits per heavy atom. The van der Waals surface area contributed by atoms with Crippen LogP contribution in [0.5, 0.6) is 0 Å². The molecule has 1 aromatic rings. The summed E-state index contributed by atoms with van der Waals surface area (Å²) in [6, 6.07) is 0. The van der Waals surface area contributed by atoms with Crippen LogP contribution < -0.4 is 5.32 Å². The Kier molecular flexibility index (Phi) is 5.31. The highest BCUT2D eigenvalue weighted by atomic mass is 16.2. The van der Waals surface area contributed by atoms with Gasteiger partial charge < -0.3 is 10.2 Å². The molecule has 1 N–H and O–H groups in total. The number of rotatable bonds is 4. The van der Waals surface area contributed by atoms with Crippen LogP contribution in [0.2, 0.25) is 0 Å². The highest BCUT2D eigenvalue weighted by Crippen LogP contribution is 2.70. The van der Waals surface area contributed by atoms with Crippen molar-refractivity contribution in [2.75, 3.05) is 11.9 Å². The number of fused-ring (bicyclic) bond motifs is 1. The maximum Gasteiger partial charge on any atom is 0.226 e. The van der Waals surface area contributed by atoms with E-state index < -0.39 is 0 Å². The zero-order valence-electron chi connectivity index (χ0n) is 21.0. The van der Waals surface area contributed by atoms with Crippen LogP contribution in [0.3, 0.4) is 0 Å². The van der Waals surface area contributed by atoms with Crippen molar-refractivity contribution in [2.45, 2.75) is 104 Å². The molecule has 1 aromatic heterocycles. The minimum absolute atomic E-state index is 0.107. The lowest BCUT2D eigenvalue weighted by Gasteiger charge is -2.65. The number of anilines is 1. The van der Waals surface area contributed by atoms with Gasteiger partial charge in [-0.3, -0.25) is 9.59 Å². The standard InChI is InChI=1S/C28H40N4O2/c1-26-10-19-11-27(2,15-26)17-28(12-19,16-26)13-23(33)31-24-21-8-9-32(14-22(21)29-18-30-24)25(34)20-6-4-3-5-7-20/h18-20H,3-17H2,1-2H3,(H,29,30,31,33). The van der Waals surface area contributed by atoms with Crippen molar-refractivity contribution in [3.05, 3.63) is 17.6 Å². The van der Waals surface area contributed by atoms with E-state index in [1.165, 1.54) is 57.8 Å². The second-order valence-electron chi connectivity index (χ2n) is 13.3. The van der Waals surface area contributed by atoms with Crippen LogP contribution in [0.15, 0.2) is 6.33 Å². The van der Waals surface area contributed by atoms with Gasteiger partial charge in [0.05, 0.1) is 12.2 Å². The summed E-state index contributed by atoms with van der Waals surface area (Å²) in [5, 5.41) is 3.18. The van der Waals surface area contributed by atoms with E-state index in [1.807, 2.05) is 4.90 Å². The van der Waals surface area contributed by atoms with E-state index in [0.29, 0.717) is 48.5 Å². The van der Waals surface area contributed by atoms with Gasteiger partial charge in [-0.2, -0.15) is 0 Å². The predicted molar refractivity (Wildman–Crippen MR) is 131 cm³/mol. The molecule has 6 heteroatoms. The lowest BCUT2D eigenvalue weighted by Crippen LogP contribution is -2.55. The average Bonchev–Trinajstić information content (AvgIpc) is 2.76. The molecule has 4 bridgehead atoms. The Bertz CT molecular complexity index is 982. The first-order chi connectivity index (χ1) is 16.2. The first-order valence-corrected chi connectivity index (χ1v) is 13.7. The van der Waals surface area contributed by atoms with Crippen molar-refractivity contribution in [3.8, 4) is 0 Å². The minimum Gasteiger partial charge on any atom is -0.336 e. The molecule has 2 atom stereocenters. The Hall–Kier alpha value is -1.98. The molecule has 6 aliphatic rings. The molecule has 5 fully saturated rings. The molecule has 6 nitrogen and oxygen atoms in total. The molecule has 2 unspecified atom stereocenters. The van der Waals surface area contributed by atoms with Crippen LogP contribution in [-0.2, 0) is 22.6 Å². The molecule has 5 saturated carbocycles. The molecule has 7 rings (SSSR count). The maximum absolute atomic E-state index is 13.3. The number of aromatic nitrogens is 2. The van der Waals surface area contributed by atoms with Crippen LogP contribution in [0.25, 0.3) is 0 Å². The van der Waals surface area contributed by atoms with E-state index in [1.54, 1.807) is 6.33 Å². The Morgan fingerprint density at radius 2 is 1.76 bits per heavy atom. The van der Waals surface area contributed by atoms with Crippen molar-refractivity contribution in [3.63, 3.8) is 0 Å². The third-order valence-electron chi connectivity index (χ3n) is 9.81. The van der Waals surface area contributed by atoms with Gasteiger partial charge in [-0.25, -0.2) is 9.97 Å². The maximum atomic E-state index is 13.3. The van der Waals surface area contributed by atoms with Gasteiger partial charge in [0, 0.05) is 24.4 Å². The molecule has 0 radical (unpaired) electrons. The van der Waals surface area contributed by atoms with Gasteiger partial charge in [0.25, 0.3) is 0 Å². The van der Waals surface area contributed by atoms with Crippen molar-refractivity contribution in [1.82, 2.24) is 14.9 Å². The van der Waals surface area contributed by atoms with Crippen LogP contribution in [-0.4, -0.2) is 33.2 Å². The van der Waals surface area contributed by atoms with E-state index in [2.05, 4.69) is 29.1 Å². The average molecular weight is 465 g/mol. The van der Waals surface area contributed by atoms with Gasteiger partial charge in [-0.1, -0.05) is 33.1 Å². The van der Waals surface area contributed by atoms with Gasteiger partial charge in [0.2, 0.25) is 11.8 Å². The van der Waals surface area contributed by atoms with E-state index in [0.717, 1.165) is 30.0 Å². The highest BCUT2D eigenvalue weighted by Gasteiger charge is 2.60. The first kappa shape index (κ1) is 22.5. The zero-order valence-corrected chi connectivity index (χ0v) is 21.0. The third kappa shape index (κ3) is 4.05. The van der Waals surface area contributed by atoms with Gasteiger partial charge >= 0.3 is 0 Å². The molecular weight excluding hydrogens is 424 g/mol. The van der Waals surface area contributed by atoms with Crippen molar-refractivity contribution in [1.29, 1.82) is 0 Å². The molecule has 0 aromatic carbocycles. The summed E-state index contributed by atoms with van der Waals surface area (Å²) in [6.45, 7) is 6.16. The van der Waals surface area contributed by atoms with Crippen molar-refractivity contribution < 1.29 is 9.59 Å². The van der Waals surface area contributed by atoms with E-state index in [9.17, 15) is 9.59 Å². The van der Waals surface area contributed by atoms with E-state index in [-0.39, 0.29) is 17.2 Å². The summed E-state index contributed by atoms with van der Waals surface area (Å²) in [5.74, 6) is 2.04. The normalized spacial score (nSPS) is 36.9. The molecular formula is C28H40N4O2. The Balaban J connectivity index is 1.14. The quantitative estimate of drug-likeness (QED) is 0.659. The summed E-state index contributed by atoms with van der Waals surface area (Å²) in [4.78, 5) is 37.3. The number of nitrogens with one attached hydrogen (secondary N) is 1. The molecule has 0 spiro atoms. The number of carbonyl (C=O) groups is 2. The number of hydrogen-bond acceptors (Lipinski definition) is 4. The molecule has 5 aliphatic carbocycles. The summed E-state index contributed by atoms with van der Waals surface area (Å²) >= 11 is 0. The van der Waals surface area contributed by atoms with Crippen molar-refractivity contribution >= 4 is 17.6 Å². The van der Waals surface area contributed by atoms with Crippen LogP contribution in [0.4, 0.5) is 5.82 Å². The third-order valence-corrected chi connectivity index (χ3v) is 9.81. The second kappa shape index (κ2) is 8.03. The van der Waals surface area contributed by atoms with Gasteiger partial charge in [-0.05, 0) is 80.0 Å².